The number of nitrogens with zero attached hydrogens (tertiary/aromatic N) is 3. The largest absolute Gasteiger partial charge is 0.352 e. The highest BCUT2D eigenvalue weighted by Gasteiger charge is 2.29. The van der Waals surface area contributed by atoms with Crippen molar-refractivity contribution in [2.45, 2.75) is 24.5 Å². The average molecular weight is 327 g/mol. The Morgan fingerprint density at radius 3 is 3.22 bits per heavy atom. The number of anilines is 1. The second-order valence-electron chi connectivity index (χ2n) is 4.84. The number of rotatable bonds is 3. The van der Waals surface area contributed by atoms with Crippen LogP contribution in [-0.2, 0) is 0 Å². The number of pyridine rings is 1. The van der Waals surface area contributed by atoms with Gasteiger partial charge in [-0.15, -0.1) is 5.10 Å². The van der Waals surface area contributed by atoms with Gasteiger partial charge in [0.1, 0.15) is 0 Å². The summed E-state index contributed by atoms with van der Waals surface area (Å²) in [5.74, 6) is 1.98. The summed E-state index contributed by atoms with van der Waals surface area (Å²) in [5, 5.41) is 7.78. The normalized spacial score (nSPS) is 23.7. The van der Waals surface area contributed by atoms with Gasteiger partial charge in [0, 0.05) is 22.0 Å². The van der Waals surface area contributed by atoms with E-state index >= 15 is 0 Å². The molecule has 3 heterocycles. The second-order valence-corrected chi connectivity index (χ2v) is 7.44. The highest BCUT2D eigenvalue weighted by Crippen LogP contribution is 2.37. The Balaban J connectivity index is 1.74. The minimum Gasteiger partial charge on any atom is -0.352 e. The van der Waals surface area contributed by atoms with E-state index in [0.29, 0.717) is 10.7 Å². The summed E-state index contributed by atoms with van der Waals surface area (Å²) in [5.41, 5.74) is 0.866. The minimum atomic E-state index is 0.331. The maximum atomic E-state index is 4.46. The van der Waals surface area contributed by atoms with Crippen LogP contribution in [0.25, 0.3) is 5.65 Å². The molecule has 1 aliphatic heterocycles. The lowest BCUT2D eigenvalue weighted by molar-refractivity contribution is 0.632. The monoisotopic (exact) mass is 326 g/mol. The van der Waals surface area contributed by atoms with Crippen LogP contribution in [0, 0.1) is 0 Å². The second kappa shape index (κ2) is 4.74. The average Bonchev–Trinajstić information content (AvgIpc) is 2.93. The summed E-state index contributed by atoms with van der Waals surface area (Å²) >= 11 is 5.47. The van der Waals surface area contributed by atoms with Crippen molar-refractivity contribution in [2.24, 2.45) is 0 Å². The lowest BCUT2D eigenvalue weighted by atomic mass is 10.1. The van der Waals surface area contributed by atoms with E-state index in [-0.39, 0.29) is 0 Å². The predicted molar refractivity (Wildman–Crippen MR) is 79.3 cm³/mol. The lowest BCUT2D eigenvalue weighted by Crippen LogP contribution is -2.27. The maximum absolute atomic E-state index is 4.46. The Morgan fingerprint density at radius 1 is 1.56 bits per heavy atom. The molecule has 0 amide bonds. The Morgan fingerprint density at radius 2 is 2.44 bits per heavy atom. The van der Waals surface area contributed by atoms with Crippen LogP contribution in [0.3, 0.4) is 0 Å². The van der Waals surface area contributed by atoms with Crippen molar-refractivity contribution in [3.63, 3.8) is 0 Å². The summed E-state index contributed by atoms with van der Waals surface area (Å²) in [6.07, 6.45) is 4.50. The molecule has 0 radical (unpaired) electrons. The van der Waals surface area contributed by atoms with Crippen LogP contribution in [0.15, 0.2) is 22.8 Å². The topological polar surface area (TPSA) is 42.2 Å². The summed E-state index contributed by atoms with van der Waals surface area (Å²) in [6, 6.07) is 3.93. The van der Waals surface area contributed by atoms with Gasteiger partial charge in [-0.25, -0.2) is 4.52 Å². The predicted octanol–water partition coefficient (Wildman–Crippen LogP) is 3.19. The van der Waals surface area contributed by atoms with Crippen LogP contribution in [0.5, 0.6) is 0 Å². The van der Waals surface area contributed by atoms with E-state index < -0.39 is 0 Å². The van der Waals surface area contributed by atoms with Crippen molar-refractivity contribution in [3.8, 4) is 0 Å². The fourth-order valence-electron chi connectivity index (χ4n) is 2.18. The first-order chi connectivity index (χ1) is 8.65. The molecule has 1 unspecified atom stereocenters. The third-order valence-corrected chi connectivity index (χ3v) is 5.22. The third kappa shape index (κ3) is 2.49. The van der Waals surface area contributed by atoms with Gasteiger partial charge in [-0.1, -0.05) is 0 Å². The molecule has 2 aromatic heterocycles. The van der Waals surface area contributed by atoms with E-state index in [1.54, 1.807) is 4.52 Å². The van der Waals surface area contributed by atoms with Gasteiger partial charge in [-0.2, -0.15) is 16.7 Å². The summed E-state index contributed by atoms with van der Waals surface area (Å²) in [4.78, 5) is 4.46. The van der Waals surface area contributed by atoms with E-state index in [0.717, 1.165) is 16.7 Å². The minimum absolute atomic E-state index is 0.331. The first-order valence-corrected chi connectivity index (χ1v) is 7.82. The maximum Gasteiger partial charge on any atom is 0.243 e. The van der Waals surface area contributed by atoms with E-state index in [4.69, 9.17) is 0 Å². The van der Waals surface area contributed by atoms with Crippen molar-refractivity contribution < 1.29 is 0 Å². The number of halogens is 1. The van der Waals surface area contributed by atoms with Crippen LogP contribution in [-0.4, -0.2) is 31.6 Å². The van der Waals surface area contributed by atoms with Gasteiger partial charge in [0.05, 0.1) is 0 Å². The highest BCUT2D eigenvalue weighted by molar-refractivity contribution is 9.10. The van der Waals surface area contributed by atoms with Crippen LogP contribution < -0.4 is 5.32 Å². The fraction of sp³-hybridized carbons (Fsp3) is 0.500. The Bertz CT molecular complexity index is 562. The third-order valence-electron chi connectivity index (χ3n) is 3.22. The van der Waals surface area contributed by atoms with Gasteiger partial charge in [-0.3, -0.25) is 0 Å². The van der Waals surface area contributed by atoms with E-state index in [1.807, 2.05) is 30.1 Å². The Hall–Kier alpha value is -0.750. The van der Waals surface area contributed by atoms with Crippen LogP contribution in [0.2, 0.25) is 0 Å². The zero-order valence-electron chi connectivity index (χ0n) is 10.2. The molecule has 3 rings (SSSR count). The van der Waals surface area contributed by atoms with Gasteiger partial charge < -0.3 is 5.32 Å². The van der Waals surface area contributed by atoms with Gasteiger partial charge >= 0.3 is 0 Å². The zero-order valence-corrected chi connectivity index (χ0v) is 12.6. The lowest BCUT2D eigenvalue weighted by Gasteiger charge is -2.22. The summed E-state index contributed by atoms with van der Waals surface area (Å²) < 4.78 is 3.12. The number of nitrogens with one attached hydrogen (secondary N) is 1. The van der Waals surface area contributed by atoms with E-state index in [9.17, 15) is 0 Å². The standard InChI is InChI=1S/C12H15BrN4S/c1-12(5-2-6-18-12)8-14-11-15-10-4-3-9(13)7-17(10)16-11/h3-4,7H,2,5-6,8H2,1H3,(H,14,16). The number of hydrogen-bond acceptors (Lipinski definition) is 4. The zero-order chi connectivity index (χ0) is 12.6. The molecule has 4 nitrogen and oxygen atoms in total. The first-order valence-electron chi connectivity index (χ1n) is 6.04. The number of hydrogen-bond donors (Lipinski definition) is 1. The fourth-order valence-corrected chi connectivity index (χ4v) is 3.75. The molecular weight excluding hydrogens is 312 g/mol. The van der Waals surface area contributed by atoms with Crippen LogP contribution in [0.4, 0.5) is 5.95 Å². The molecule has 1 atom stereocenters. The van der Waals surface area contributed by atoms with Gasteiger partial charge in [0.15, 0.2) is 5.65 Å². The molecule has 0 aromatic carbocycles. The van der Waals surface area contributed by atoms with Crippen LogP contribution >= 0.6 is 27.7 Å². The summed E-state index contributed by atoms with van der Waals surface area (Å²) in [6.45, 7) is 3.24. The first kappa shape index (κ1) is 12.3. The molecule has 0 aliphatic carbocycles. The molecule has 96 valence electrons. The number of thioether (sulfide) groups is 1. The van der Waals surface area contributed by atoms with Crippen LogP contribution in [0.1, 0.15) is 19.8 Å². The molecule has 1 N–H and O–H groups in total. The van der Waals surface area contributed by atoms with Crippen molar-refractivity contribution in [3.05, 3.63) is 22.8 Å². The molecule has 1 saturated heterocycles. The molecular formula is C12H15BrN4S. The molecule has 1 fully saturated rings. The highest BCUT2D eigenvalue weighted by atomic mass is 79.9. The van der Waals surface area contributed by atoms with Crippen molar-refractivity contribution >= 4 is 39.3 Å². The number of aromatic nitrogens is 3. The van der Waals surface area contributed by atoms with Gasteiger partial charge in [-0.05, 0) is 53.6 Å². The van der Waals surface area contributed by atoms with Crippen molar-refractivity contribution in [1.29, 1.82) is 0 Å². The molecule has 0 spiro atoms. The quantitative estimate of drug-likeness (QED) is 0.940. The van der Waals surface area contributed by atoms with Gasteiger partial charge in [0.2, 0.25) is 5.95 Å². The van der Waals surface area contributed by atoms with Crippen molar-refractivity contribution in [2.75, 3.05) is 17.6 Å². The Labute approximate surface area is 119 Å². The Kier molecular flexibility index (Phi) is 3.23. The molecule has 6 heteroatoms. The molecule has 2 aromatic rings. The van der Waals surface area contributed by atoms with E-state index in [1.165, 1.54) is 18.6 Å². The smallest absolute Gasteiger partial charge is 0.243 e. The molecule has 1 aliphatic rings. The van der Waals surface area contributed by atoms with E-state index in [2.05, 4.69) is 38.3 Å². The molecule has 0 bridgehead atoms. The molecule has 0 saturated carbocycles. The number of fused-ring (bicyclic) bond motifs is 1. The van der Waals surface area contributed by atoms with Crippen molar-refractivity contribution in [1.82, 2.24) is 14.6 Å². The summed E-state index contributed by atoms with van der Waals surface area (Å²) in [7, 11) is 0. The molecule has 18 heavy (non-hydrogen) atoms. The SMILES string of the molecule is CC1(CNc2nc3ccc(Br)cn3n2)CCCS1. The van der Waals surface area contributed by atoms with Gasteiger partial charge in [0.25, 0.3) is 0 Å².